The number of ketones is 1. The zero-order valence-electron chi connectivity index (χ0n) is 42.7. The summed E-state index contributed by atoms with van der Waals surface area (Å²) >= 11 is 25.8. The predicted octanol–water partition coefficient (Wildman–Crippen LogP) is 8.75. The number of benzene rings is 4. The van der Waals surface area contributed by atoms with Crippen molar-refractivity contribution in [1.29, 1.82) is 0 Å². The summed E-state index contributed by atoms with van der Waals surface area (Å²) in [7, 11) is 0.615. The van der Waals surface area contributed by atoms with Gasteiger partial charge < -0.3 is 48.9 Å². The van der Waals surface area contributed by atoms with E-state index in [2.05, 4.69) is 57.8 Å². The second kappa shape index (κ2) is 31.9. The maximum atomic E-state index is 13.2. The number of sulfone groups is 1. The number of hydrogen-bond donors (Lipinski definition) is 2. The molecular formula is C55H72Cl4N4O10S. The molecule has 2 N–H and O–H groups in total. The number of Topliss-reactive ketones (excluding diaryl/α,β-unsaturated/α-hetero) is 1. The number of likely N-dealkylation sites (N-methyl/N-ethyl adjacent to an activating group) is 2. The van der Waals surface area contributed by atoms with E-state index in [9.17, 15) is 18.0 Å². The van der Waals surface area contributed by atoms with Gasteiger partial charge in [-0.1, -0.05) is 82.8 Å². The third-order valence-electron chi connectivity index (χ3n) is 12.8. The van der Waals surface area contributed by atoms with Gasteiger partial charge in [-0.2, -0.15) is 0 Å². The molecular weight excluding hydrogens is 1050 g/mol. The van der Waals surface area contributed by atoms with E-state index in [4.69, 9.17) is 74.8 Å². The van der Waals surface area contributed by atoms with Gasteiger partial charge in [0, 0.05) is 110 Å². The first kappa shape index (κ1) is 60.0. The Morgan fingerprint density at radius 1 is 0.581 bits per heavy atom. The van der Waals surface area contributed by atoms with Crippen molar-refractivity contribution in [3.63, 3.8) is 0 Å². The number of carbonyl (C=O) groups is 2. The predicted molar refractivity (Wildman–Crippen MR) is 292 cm³/mol. The van der Waals surface area contributed by atoms with Gasteiger partial charge in [0.05, 0.1) is 76.7 Å². The highest BCUT2D eigenvalue weighted by Crippen LogP contribution is 2.40. The van der Waals surface area contributed by atoms with Gasteiger partial charge in [0.2, 0.25) is 5.91 Å². The number of ether oxygens (including phenoxy) is 6. The minimum absolute atomic E-state index is 0.0106. The summed E-state index contributed by atoms with van der Waals surface area (Å²) in [6.45, 7) is 9.75. The van der Waals surface area contributed by atoms with E-state index in [-0.39, 0.29) is 53.6 Å². The van der Waals surface area contributed by atoms with Crippen LogP contribution in [0.2, 0.25) is 20.1 Å². The van der Waals surface area contributed by atoms with E-state index in [1.54, 1.807) is 24.3 Å². The van der Waals surface area contributed by atoms with Crippen molar-refractivity contribution in [3.05, 3.63) is 132 Å². The van der Waals surface area contributed by atoms with E-state index in [1.165, 1.54) is 16.7 Å². The lowest BCUT2D eigenvalue weighted by atomic mass is 9.84. The molecule has 2 aliphatic rings. The first-order valence-electron chi connectivity index (χ1n) is 25.5. The van der Waals surface area contributed by atoms with Gasteiger partial charge in [-0.05, 0) is 102 Å². The van der Waals surface area contributed by atoms with Crippen molar-refractivity contribution in [2.45, 2.75) is 68.5 Å². The van der Waals surface area contributed by atoms with Crippen LogP contribution in [-0.4, -0.2) is 155 Å². The molecule has 0 fully saturated rings. The number of hydrogen-bond acceptors (Lipinski definition) is 13. The largest absolute Gasteiger partial charge is 0.379 e. The second-order valence-corrected chi connectivity index (χ2v) is 22.5. The Hall–Kier alpha value is -3.23. The fourth-order valence-electron chi connectivity index (χ4n) is 9.14. The van der Waals surface area contributed by atoms with E-state index in [1.807, 2.05) is 25.2 Å². The third kappa shape index (κ3) is 20.0. The number of carbonyl (C=O) groups excluding carboxylic acids is 2. The van der Waals surface area contributed by atoms with Crippen LogP contribution in [0, 0.1) is 0 Å². The molecule has 6 rings (SSSR count). The quantitative estimate of drug-likeness (QED) is 0.0429. The standard InChI is InChI=1S/C55H72Cl4N4O10S/c1-62-36-49(47-31-43(56)33-53(58)51(47)38-62)41-8-3-7-40(29-41)35-60-14-18-70-22-26-73-27-23-71-19-15-61-55(65)13-12-45(64)10-5-16-68-20-24-72-25-21-69-17-6-28-74(66,67)46-11-4-9-42(30-46)50-37-63(2)39-52-48(50)32-44(57)34-54(52)59/h3-4,7-9,11,29-34,49-50,60H,5-6,10,12-28,35-39H2,1-2H3,(H,61,65). The Morgan fingerprint density at radius 3 is 1.66 bits per heavy atom. The minimum Gasteiger partial charge on any atom is -0.379 e. The van der Waals surface area contributed by atoms with Crippen molar-refractivity contribution < 1.29 is 46.4 Å². The van der Waals surface area contributed by atoms with Gasteiger partial charge in [-0.25, -0.2) is 8.42 Å². The maximum absolute atomic E-state index is 13.2. The van der Waals surface area contributed by atoms with Crippen molar-refractivity contribution in [2.75, 3.05) is 125 Å². The molecule has 2 aliphatic heterocycles. The van der Waals surface area contributed by atoms with E-state index < -0.39 is 9.84 Å². The van der Waals surface area contributed by atoms with Crippen LogP contribution in [-0.2, 0) is 67.5 Å². The number of amides is 1. The molecule has 0 aromatic heterocycles. The van der Waals surface area contributed by atoms with E-state index in [0.717, 1.165) is 53.5 Å². The zero-order valence-corrected chi connectivity index (χ0v) is 46.5. The van der Waals surface area contributed by atoms with Crippen molar-refractivity contribution in [3.8, 4) is 0 Å². The van der Waals surface area contributed by atoms with Gasteiger partial charge in [-0.3, -0.25) is 9.59 Å². The van der Waals surface area contributed by atoms with Crippen LogP contribution in [0.15, 0.2) is 77.7 Å². The van der Waals surface area contributed by atoms with Crippen LogP contribution >= 0.6 is 46.4 Å². The smallest absolute Gasteiger partial charge is 0.220 e. The van der Waals surface area contributed by atoms with Crippen LogP contribution in [0.3, 0.4) is 0 Å². The molecule has 74 heavy (non-hydrogen) atoms. The maximum Gasteiger partial charge on any atom is 0.220 e. The number of halogens is 4. The highest BCUT2D eigenvalue weighted by atomic mass is 35.5. The summed E-state index contributed by atoms with van der Waals surface area (Å²) in [4.78, 5) is 29.2. The fraction of sp³-hybridized carbons (Fsp3) is 0.527. The van der Waals surface area contributed by atoms with Crippen LogP contribution in [0.1, 0.15) is 82.9 Å². The molecule has 14 nitrogen and oxygen atoms in total. The summed E-state index contributed by atoms with van der Waals surface area (Å²) in [5.41, 5.74) is 7.74. The second-order valence-electron chi connectivity index (χ2n) is 18.7. The minimum atomic E-state index is -3.52. The average Bonchev–Trinajstić information content (AvgIpc) is 3.37. The first-order valence-corrected chi connectivity index (χ1v) is 28.6. The molecule has 2 heterocycles. The number of nitrogens with one attached hydrogen (secondary N) is 2. The Labute approximate surface area is 457 Å². The lowest BCUT2D eigenvalue weighted by molar-refractivity contribution is -0.125. The van der Waals surface area contributed by atoms with Crippen molar-refractivity contribution in [2.24, 2.45) is 0 Å². The Kier molecular flexibility index (Phi) is 25.8. The third-order valence-corrected chi connectivity index (χ3v) is 15.8. The van der Waals surface area contributed by atoms with Crippen LogP contribution in [0.4, 0.5) is 0 Å². The molecule has 0 radical (unpaired) electrons. The lowest BCUT2D eigenvalue weighted by Gasteiger charge is -2.33. The molecule has 4 aromatic carbocycles. The molecule has 406 valence electrons. The van der Waals surface area contributed by atoms with Crippen molar-refractivity contribution in [1.82, 2.24) is 20.4 Å². The normalized spacial score (nSPS) is 16.0. The number of rotatable bonds is 34. The highest BCUT2D eigenvalue weighted by Gasteiger charge is 2.29. The van der Waals surface area contributed by atoms with Gasteiger partial charge in [0.15, 0.2) is 9.84 Å². The molecule has 0 bridgehead atoms. The molecule has 0 spiro atoms. The lowest BCUT2D eigenvalue weighted by Crippen LogP contribution is -2.31. The Bertz CT molecular complexity index is 2520. The van der Waals surface area contributed by atoms with E-state index in [0.29, 0.717) is 127 Å². The molecule has 4 aromatic rings. The van der Waals surface area contributed by atoms with Crippen LogP contribution in [0.25, 0.3) is 0 Å². The fourth-order valence-corrected chi connectivity index (χ4v) is 11.6. The average molecular weight is 1120 g/mol. The van der Waals surface area contributed by atoms with Crippen LogP contribution in [0.5, 0.6) is 0 Å². The van der Waals surface area contributed by atoms with Gasteiger partial charge in [-0.15, -0.1) is 0 Å². The summed E-state index contributed by atoms with van der Waals surface area (Å²) in [6.07, 6.45) is 1.56. The monoisotopic (exact) mass is 1120 g/mol. The highest BCUT2D eigenvalue weighted by molar-refractivity contribution is 7.91. The van der Waals surface area contributed by atoms with Gasteiger partial charge in [0.25, 0.3) is 0 Å². The SMILES string of the molecule is CN1Cc2c(Cl)cc(Cl)cc2C(c2cccc(CNCCOCCOCCOCCNC(=O)CCC(=O)CCCOCCOCCOCCCS(=O)(=O)c3cccc(C4CN(C)Cc5c(Cl)cc(Cl)cc54)c3)c2)C1. The molecule has 0 aliphatic carbocycles. The molecule has 19 heteroatoms. The summed E-state index contributed by atoms with van der Waals surface area (Å²) in [5.74, 6) is -0.0661. The molecule has 0 saturated carbocycles. The molecule has 1 amide bonds. The topological polar surface area (TPSA) is 154 Å². The Morgan fingerprint density at radius 2 is 1.08 bits per heavy atom. The summed E-state index contributed by atoms with van der Waals surface area (Å²) in [5, 5.41) is 8.80. The summed E-state index contributed by atoms with van der Waals surface area (Å²) < 4.78 is 60.1. The molecule has 2 atom stereocenters. The van der Waals surface area contributed by atoms with Gasteiger partial charge >= 0.3 is 0 Å². The zero-order chi connectivity index (χ0) is 52.7. The molecule has 2 unspecified atom stereocenters. The molecule has 0 saturated heterocycles. The van der Waals surface area contributed by atoms with E-state index >= 15 is 0 Å². The van der Waals surface area contributed by atoms with Gasteiger partial charge in [0.1, 0.15) is 5.78 Å². The number of fused-ring (bicyclic) bond motifs is 2. The summed E-state index contributed by atoms with van der Waals surface area (Å²) in [6, 6.07) is 23.3. The van der Waals surface area contributed by atoms with Crippen molar-refractivity contribution >= 4 is 67.9 Å². The number of nitrogens with zero attached hydrogens (tertiary/aromatic N) is 2. The Balaban J connectivity index is 0.678. The first-order chi connectivity index (χ1) is 35.8. The van der Waals surface area contributed by atoms with Crippen LogP contribution < -0.4 is 10.6 Å².